The molecule has 0 bridgehead atoms. The monoisotopic (exact) mass is 379 g/mol. The molecule has 0 unspecified atom stereocenters. The summed E-state index contributed by atoms with van der Waals surface area (Å²) in [4.78, 5) is 14.6. The first-order chi connectivity index (χ1) is 13.7. The second-order valence-corrected chi connectivity index (χ2v) is 7.44. The van der Waals surface area contributed by atoms with Gasteiger partial charge in [-0.2, -0.15) is 0 Å². The van der Waals surface area contributed by atoms with Gasteiger partial charge >= 0.3 is 0 Å². The Kier molecular flexibility index (Phi) is 5.35. The lowest BCUT2D eigenvalue weighted by Gasteiger charge is -2.21. The van der Waals surface area contributed by atoms with Crippen molar-refractivity contribution in [2.45, 2.75) is 32.2 Å². The molecule has 5 heteroatoms. The lowest BCUT2D eigenvalue weighted by atomic mass is 10.0. The summed E-state index contributed by atoms with van der Waals surface area (Å²) >= 11 is 0. The standard InChI is InChI=1S/C23H25NO4/c1-27-21-9-5-4-8-16(21)19-15-28-23-17(22(19)26)10-11-20(25)18(23)14-24-12-6-2-3-7-13-24/h4-5,8-11,15,25H,2-3,6-7,12-14H2,1H3. The smallest absolute Gasteiger partial charge is 0.200 e. The molecule has 1 aliphatic heterocycles. The molecule has 0 amide bonds. The summed E-state index contributed by atoms with van der Waals surface area (Å²) < 4.78 is 11.3. The van der Waals surface area contributed by atoms with E-state index < -0.39 is 0 Å². The first kappa shape index (κ1) is 18.6. The molecule has 2 aromatic carbocycles. The quantitative estimate of drug-likeness (QED) is 0.756. The fraction of sp³-hybridized carbons (Fsp3) is 0.348. The fourth-order valence-corrected chi connectivity index (χ4v) is 4.12. The van der Waals surface area contributed by atoms with Crippen molar-refractivity contribution in [1.82, 2.24) is 0 Å². The Bertz CT molecular complexity index is 1030. The molecular formula is C23H25NO4. The number of benzene rings is 2. The van der Waals surface area contributed by atoms with Crippen LogP contribution in [0.25, 0.3) is 22.1 Å². The van der Waals surface area contributed by atoms with Crippen molar-refractivity contribution in [3.05, 3.63) is 58.4 Å². The summed E-state index contributed by atoms with van der Waals surface area (Å²) in [5.41, 5.74) is 2.02. The molecule has 0 spiro atoms. The predicted molar refractivity (Wildman–Crippen MR) is 107 cm³/mol. The number of likely N-dealkylation sites (tertiary alicyclic amines) is 1. The molecule has 5 nitrogen and oxygen atoms in total. The zero-order chi connectivity index (χ0) is 19.5. The number of fused-ring (bicyclic) bond motifs is 1. The summed E-state index contributed by atoms with van der Waals surface area (Å²) in [6.45, 7) is 2.71. The van der Waals surface area contributed by atoms with Gasteiger partial charge in [-0.1, -0.05) is 30.0 Å². The van der Waals surface area contributed by atoms with Gasteiger partial charge in [0.1, 0.15) is 24.1 Å². The van der Waals surface area contributed by atoms with Crippen molar-refractivity contribution in [1.29, 1.82) is 0 Å². The third-order valence-corrected chi connectivity index (χ3v) is 5.64. The van der Waals surface area contributed by atoms with Crippen LogP contribution in [0.1, 0.15) is 31.2 Å². The second-order valence-electron chi connectivity index (χ2n) is 7.44. The summed E-state index contributed by atoms with van der Waals surface area (Å²) in [7, 11) is 1.58. The molecule has 4 rings (SSSR count). The molecule has 146 valence electrons. The Labute approximate surface area is 164 Å². The molecule has 0 saturated carbocycles. The van der Waals surface area contributed by atoms with E-state index in [9.17, 15) is 9.90 Å². The number of quaternary nitrogens is 1. The van der Waals surface area contributed by atoms with E-state index in [0.29, 0.717) is 40.0 Å². The van der Waals surface area contributed by atoms with Crippen LogP contribution >= 0.6 is 0 Å². The number of hydrogen-bond acceptors (Lipinski definition) is 4. The van der Waals surface area contributed by atoms with Gasteiger partial charge in [-0.25, -0.2) is 0 Å². The molecule has 1 N–H and O–H groups in total. The van der Waals surface area contributed by atoms with Gasteiger partial charge in [-0.05, 0) is 37.8 Å². The van der Waals surface area contributed by atoms with Crippen LogP contribution in [0, 0.1) is 0 Å². The first-order valence-electron chi connectivity index (χ1n) is 9.90. The van der Waals surface area contributed by atoms with Gasteiger partial charge in [0, 0.05) is 11.1 Å². The van der Waals surface area contributed by atoms with Crippen molar-refractivity contribution < 1.29 is 19.2 Å². The summed E-state index contributed by atoms with van der Waals surface area (Å²) in [5, 5.41) is 13.0. The maximum atomic E-state index is 13.2. The Morgan fingerprint density at radius 3 is 2.54 bits per heavy atom. The van der Waals surface area contributed by atoms with Crippen molar-refractivity contribution >= 4 is 11.0 Å². The average molecular weight is 379 g/mol. The first-order valence-corrected chi connectivity index (χ1v) is 9.90. The van der Waals surface area contributed by atoms with Crippen LogP contribution in [-0.4, -0.2) is 20.2 Å². The van der Waals surface area contributed by atoms with Crippen LogP contribution in [0.5, 0.6) is 11.5 Å². The molecule has 1 aromatic heterocycles. The van der Waals surface area contributed by atoms with E-state index in [1.807, 2.05) is 24.3 Å². The Morgan fingerprint density at radius 2 is 1.79 bits per heavy atom. The van der Waals surface area contributed by atoms with E-state index in [4.69, 9.17) is 9.15 Å². The highest BCUT2D eigenvalue weighted by Gasteiger charge is 2.19. The zero-order valence-corrected chi connectivity index (χ0v) is 16.1. The van der Waals surface area contributed by atoms with Crippen LogP contribution in [0.4, 0.5) is 0 Å². The summed E-state index contributed by atoms with van der Waals surface area (Å²) in [6.07, 6.45) is 6.32. The van der Waals surface area contributed by atoms with Gasteiger partial charge in [0.05, 0.1) is 31.1 Å². The topological polar surface area (TPSA) is 66.9 Å². The second kappa shape index (κ2) is 8.07. The van der Waals surface area contributed by atoms with Gasteiger partial charge in [0.2, 0.25) is 5.43 Å². The molecule has 3 aromatic rings. The highest BCUT2D eigenvalue weighted by molar-refractivity contribution is 5.86. The lowest BCUT2D eigenvalue weighted by Crippen LogP contribution is -3.10. The maximum absolute atomic E-state index is 13.2. The molecule has 1 fully saturated rings. The SMILES string of the molecule is COc1ccccc1-c1coc2c(C[NH+]3CCCCCC3)c([O-])ccc2c1=O. The van der Waals surface area contributed by atoms with Crippen LogP contribution in [0.3, 0.4) is 0 Å². The zero-order valence-electron chi connectivity index (χ0n) is 16.1. The Hall–Kier alpha value is -2.79. The highest BCUT2D eigenvalue weighted by Crippen LogP contribution is 2.30. The maximum Gasteiger partial charge on any atom is 0.200 e. The van der Waals surface area contributed by atoms with Gasteiger partial charge in [-0.3, -0.25) is 4.79 Å². The molecule has 1 aliphatic rings. The van der Waals surface area contributed by atoms with Crippen molar-refractivity contribution in [3.63, 3.8) is 0 Å². The van der Waals surface area contributed by atoms with Crippen molar-refractivity contribution in [2.24, 2.45) is 0 Å². The predicted octanol–water partition coefficient (Wildman–Crippen LogP) is 2.50. The number of rotatable bonds is 4. The van der Waals surface area contributed by atoms with Crippen LogP contribution in [0.15, 0.2) is 51.9 Å². The van der Waals surface area contributed by atoms with Crippen molar-refractivity contribution in [2.75, 3.05) is 20.2 Å². The van der Waals surface area contributed by atoms with Crippen LogP contribution in [0.2, 0.25) is 0 Å². The van der Waals surface area contributed by atoms with E-state index in [1.54, 1.807) is 13.2 Å². The molecule has 0 radical (unpaired) electrons. The minimum atomic E-state index is -0.141. The fourth-order valence-electron chi connectivity index (χ4n) is 4.12. The molecule has 0 aliphatic carbocycles. The van der Waals surface area contributed by atoms with E-state index in [2.05, 4.69) is 0 Å². The Balaban J connectivity index is 1.80. The van der Waals surface area contributed by atoms with Gasteiger partial charge in [0.15, 0.2) is 0 Å². The molecule has 1 saturated heterocycles. The normalized spacial score (nSPS) is 15.5. The number of nitrogens with one attached hydrogen (secondary N) is 1. The largest absolute Gasteiger partial charge is 0.872 e. The molecular weight excluding hydrogens is 354 g/mol. The number of ether oxygens (including phenoxy) is 1. The Morgan fingerprint density at radius 1 is 1.04 bits per heavy atom. The number of hydrogen-bond donors (Lipinski definition) is 1. The highest BCUT2D eigenvalue weighted by atomic mass is 16.5. The van der Waals surface area contributed by atoms with Crippen molar-refractivity contribution in [3.8, 4) is 22.6 Å². The van der Waals surface area contributed by atoms with E-state index in [1.165, 1.54) is 42.9 Å². The third kappa shape index (κ3) is 3.50. The van der Waals surface area contributed by atoms with E-state index in [0.717, 1.165) is 13.1 Å². The molecule has 28 heavy (non-hydrogen) atoms. The van der Waals surface area contributed by atoms with Gasteiger partial charge in [0.25, 0.3) is 0 Å². The number of para-hydroxylation sites is 1. The van der Waals surface area contributed by atoms with Crippen LogP contribution < -0.4 is 20.2 Å². The van der Waals surface area contributed by atoms with E-state index in [-0.39, 0.29) is 11.2 Å². The average Bonchev–Trinajstić information content (AvgIpc) is 2.99. The number of methoxy groups -OCH3 is 1. The third-order valence-electron chi connectivity index (χ3n) is 5.64. The summed E-state index contributed by atoms with van der Waals surface area (Å²) in [6, 6.07) is 10.4. The summed E-state index contributed by atoms with van der Waals surface area (Å²) in [5.74, 6) is 0.557. The van der Waals surface area contributed by atoms with E-state index >= 15 is 0 Å². The van der Waals surface area contributed by atoms with Gasteiger partial charge in [-0.15, -0.1) is 0 Å². The van der Waals surface area contributed by atoms with Crippen LogP contribution in [-0.2, 0) is 6.54 Å². The minimum Gasteiger partial charge on any atom is -0.872 e. The van der Waals surface area contributed by atoms with Gasteiger partial charge < -0.3 is 19.2 Å². The molecule has 0 atom stereocenters. The minimum absolute atomic E-state index is 0.0579. The lowest BCUT2D eigenvalue weighted by molar-refractivity contribution is -0.913. The molecule has 2 heterocycles.